The summed E-state index contributed by atoms with van der Waals surface area (Å²) in [6.07, 6.45) is 3.82. The predicted molar refractivity (Wildman–Crippen MR) is 115 cm³/mol. The second kappa shape index (κ2) is 8.52. The van der Waals surface area contributed by atoms with Gasteiger partial charge in [-0.1, -0.05) is 6.92 Å². The molecule has 30 heavy (non-hydrogen) atoms. The summed E-state index contributed by atoms with van der Waals surface area (Å²) in [5, 5.41) is 10.0. The van der Waals surface area contributed by atoms with Gasteiger partial charge in [-0.25, -0.2) is 4.98 Å². The number of fused-ring (bicyclic) bond motifs is 1. The van der Waals surface area contributed by atoms with Crippen molar-refractivity contribution >= 4 is 11.7 Å². The van der Waals surface area contributed by atoms with Crippen molar-refractivity contribution < 1.29 is 9.53 Å². The number of amides is 1. The van der Waals surface area contributed by atoms with Crippen LogP contribution in [0.2, 0.25) is 0 Å². The molecule has 4 heterocycles. The molecule has 0 bridgehead atoms. The van der Waals surface area contributed by atoms with Crippen molar-refractivity contribution in [3.05, 3.63) is 22.4 Å². The van der Waals surface area contributed by atoms with Crippen LogP contribution in [0, 0.1) is 11.3 Å². The summed E-state index contributed by atoms with van der Waals surface area (Å²) >= 11 is 0. The van der Waals surface area contributed by atoms with Crippen LogP contribution in [0.15, 0.2) is 0 Å². The Morgan fingerprint density at radius 1 is 1.13 bits per heavy atom. The van der Waals surface area contributed by atoms with Crippen molar-refractivity contribution in [2.24, 2.45) is 0 Å². The van der Waals surface area contributed by atoms with E-state index < -0.39 is 0 Å². The number of carbonyl (C=O) groups excluding carboxylic acids is 1. The molecule has 0 atom stereocenters. The van der Waals surface area contributed by atoms with E-state index in [1.54, 1.807) is 0 Å². The van der Waals surface area contributed by atoms with Crippen LogP contribution in [0.4, 0.5) is 5.82 Å². The van der Waals surface area contributed by atoms with E-state index in [1.165, 1.54) is 0 Å². The Bertz CT molecular complexity index is 846. The highest BCUT2D eigenvalue weighted by atomic mass is 16.5. The highest BCUT2D eigenvalue weighted by Crippen LogP contribution is 2.35. The average molecular weight is 412 g/mol. The van der Waals surface area contributed by atoms with Crippen LogP contribution in [0.5, 0.6) is 0 Å². The van der Waals surface area contributed by atoms with Crippen molar-refractivity contribution in [3.8, 4) is 6.07 Å². The van der Waals surface area contributed by atoms with Gasteiger partial charge in [-0.3, -0.25) is 9.69 Å². The van der Waals surface area contributed by atoms with Crippen LogP contribution in [-0.4, -0.2) is 72.1 Å². The summed E-state index contributed by atoms with van der Waals surface area (Å²) < 4.78 is 6.01. The lowest BCUT2D eigenvalue weighted by molar-refractivity contribution is -0.131. The number of hydrogen-bond acceptors (Lipinski definition) is 6. The Kier molecular flexibility index (Phi) is 5.99. The summed E-state index contributed by atoms with van der Waals surface area (Å²) in [5.74, 6) is 1.07. The van der Waals surface area contributed by atoms with Crippen LogP contribution in [0.3, 0.4) is 0 Å². The molecule has 1 amide bonds. The molecule has 3 aliphatic rings. The normalized spacial score (nSPS) is 21.4. The number of nitriles is 1. The predicted octanol–water partition coefficient (Wildman–Crippen LogP) is 2.11. The number of rotatable bonds is 4. The Morgan fingerprint density at radius 2 is 1.83 bits per heavy atom. The van der Waals surface area contributed by atoms with Gasteiger partial charge in [0.15, 0.2) is 0 Å². The number of aryl methyl sites for hydroxylation is 1. The maximum Gasteiger partial charge on any atom is 0.236 e. The smallest absolute Gasteiger partial charge is 0.236 e. The maximum absolute atomic E-state index is 12.5. The van der Waals surface area contributed by atoms with Crippen LogP contribution in [0.25, 0.3) is 0 Å². The molecule has 2 saturated heterocycles. The molecule has 0 unspecified atom stereocenters. The summed E-state index contributed by atoms with van der Waals surface area (Å²) in [6, 6.07) is 2.46. The molecule has 0 radical (unpaired) electrons. The van der Waals surface area contributed by atoms with Crippen LogP contribution in [0.1, 0.15) is 56.0 Å². The molecule has 0 saturated carbocycles. The molecule has 0 spiro atoms. The zero-order valence-corrected chi connectivity index (χ0v) is 18.5. The minimum atomic E-state index is -0.267. The maximum atomic E-state index is 12.5. The number of pyridine rings is 1. The lowest BCUT2D eigenvalue weighted by atomic mass is 9.87. The fourth-order valence-corrected chi connectivity index (χ4v) is 4.84. The van der Waals surface area contributed by atoms with Gasteiger partial charge in [0.2, 0.25) is 5.91 Å². The first-order valence-electron chi connectivity index (χ1n) is 11.3. The zero-order chi connectivity index (χ0) is 21.3. The Balaban J connectivity index is 1.51. The topological polar surface area (TPSA) is 72.7 Å². The van der Waals surface area contributed by atoms with E-state index in [4.69, 9.17) is 9.72 Å². The molecule has 4 rings (SSSR count). The second-order valence-corrected chi connectivity index (χ2v) is 9.26. The van der Waals surface area contributed by atoms with Crippen molar-refractivity contribution in [2.75, 3.05) is 50.7 Å². The van der Waals surface area contributed by atoms with Gasteiger partial charge in [0, 0.05) is 56.9 Å². The third kappa shape index (κ3) is 4.17. The first kappa shape index (κ1) is 21.1. The summed E-state index contributed by atoms with van der Waals surface area (Å²) in [7, 11) is 0. The fourth-order valence-electron chi connectivity index (χ4n) is 4.84. The van der Waals surface area contributed by atoms with Gasteiger partial charge in [0.25, 0.3) is 0 Å². The van der Waals surface area contributed by atoms with Crippen LogP contribution >= 0.6 is 0 Å². The second-order valence-electron chi connectivity index (χ2n) is 9.26. The third-order valence-electron chi connectivity index (χ3n) is 6.62. The molecule has 1 aromatic heterocycles. The number of likely N-dealkylation sites (tertiary alicyclic amines) is 1. The van der Waals surface area contributed by atoms with Gasteiger partial charge in [-0.15, -0.1) is 0 Å². The highest BCUT2D eigenvalue weighted by molar-refractivity contribution is 5.78. The number of hydrogen-bond donors (Lipinski definition) is 0. The molecule has 162 valence electrons. The van der Waals surface area contributed by atoms with E-state index in [1.807, 2.05) is 4.90 Å². The first-order chi connectivity index (χ1) is 14.4. The highest BCUT2D eigenvalue weighted by Gasteiger charge is 2.33. The zero-order valence-electron chi connectivity index (χ0n) is 18.5. The first-order valence-corrected chi connectivity index (χ1v) is 11.3. The quantitative estimate of drug-likeness (QED) is 0.756. The molecule has 7 nitrogen and oxygen atoms in total. The molecular weight excluding hydrogens is 378 g/mol. The SMILES string of the molecule is CCc1nc(N2CCN(CC(=O)N3CCCC3)CC2)c(C#N)c2c1COC(C)(C)C2. The largest absolute Gasteiger partial charge is 0.370 e. The third-order valence-corrected chi connectivity index (χ3v) is 6.62. The van der Waals surface area contributed by atoms with E-state index in [0.717, 1.165) is 87.6 Å². The van der Waals surface area contributed by atoms with E-state index in [9.17, 15) is 10.1 Å². The monoisotopic (exact) mass is 411 g/mol. The number of piperazine rings is 1. The number of carbonyl (C=O) groups is 1. The minimum Gasteiger partial charge on any atom is -0.370 e. The van der Waals surface area contributed by atoms with Crippen LogP contribution < -0.4 is 4.90 Å². The van der Waals surface area contributed by atoms with Crippen molar-refractivity contribution in [1.29, 1.82) is 5.26 Å². The fraction of sp³-hybridized carbons (Fsp3) is 0.696. The van der Waals surface area contributed by atoms with E-state index in [2.05, 4.69) is 36.6 Å². The van der Waals surface area contributed by atoms with E-state index in [0.29, 0.717) is 18.7 Å². The molecule has 0 N–H and O–H groups in total. The Labute approximate surface area is 179 Å². The molecule has 1 aromatic rings. The Hall–Kier alpha value is -2.17. The van der Waals surface area contributed by atoms with E-state index in [-0.39, 0.29) is 11.5 Å². The molecule has 7 heteroatoms. The van der Waals surface area contributed by atoms with E-state index >= 15 is 0 Å². The van der Waals surface area contributed by atoms with Crippen molar-refractivity contribution in [3.63, 3.8) is 0 Å². The number of ether oxygens (including phenoxy) is 1. The average Bonchev–Trinajstić information content (AvgIpc) is 3.27. The van der Waals surface area contributed by atoms with Crippen molar-refractivity contribution in [2.45, 2.75) is 58.7 Å². The molecule has 2 fully saturated rings. The van der Waals surface area contributed by atoms with Gasteiger partial charge < -0.3 is 14.5 Å². The van der Waals surface area contributed by atoms with Gasteiger partial charge in [-0.05, 0) is 38.7 Å². The number of anilines is 1. The molecule has 0 aliphatic carbocycles. The van der Waals surface area contributed by atoms with Gasteiger partial charge in [-0.2, -0.15) is 5.26 Å². The minimum absolute atomic E-state index is 0.251. The Morgan fingerprint density at radius 3 is 2.47 bits per heavy atom. The number of aromatic nitrogens is 1. The summed E-state index contributed by atoms with van der Waals surface area (Å²) in [5.41, 5.74) is 3.70. The van der Waals surface area contributed by atoms with Crippen molar-refractivity contribution in [1.82, 2.24) is 14.8 Å². The summed E-state index contributed by atoms with van der Waals surface area (Å²) in [6.45, 7) is 12.3. The van der Waals surface area contributed by atoms with Gasteiger partial charge >= 0.3 is 0 Å². The molecular formula is C23H33N5O2. The van der Waals surface area contributed by atoms with Gasteiger partial charge in [0.1, 0.15) is 11.9 Å². The standard InChI is InChI=1S/C23H33N5O2/c1-4-20-19-16-30-23(2,3)13-17(19)18(14-24)22(25-20)28-11-9-26(10-12-28)15-21(29)27-7-5-6-8-27/h4-13,15-16H2,1-3H3. The summed E-state index contributed by atoms with van der Waals surface area (Å²) in [4.78, 5) is 23.9. The molecule has 0 aromatic carbocycles. The molecule has 3 aliphatic heterocycles. The van der Waals surface area contributed by atoms with Crippen LogP contribution in [-0.2, 0) is 29.0 Å². The van der Waals surface area contributed by atoms with Gasteiger partial charge in [0.05, 0.1) is 24.3 Å². The lowest BCUT2D eigenvalue weighted by Gasteiger charge is -2.38. The number of nitrogens with zero attached hydrogens (tertiary/aromatic N) is 5. The lowest BCUT2D eigenvalue weighted by Crippen LogP contribution is -2.50.